The monoisotopic (exact) mass is 354 g/mol. The highest BCUT2D eigenvalue weighted by atomic mass is 32.2. The summed E-state index contributed by atoms with van der Waals surface area (Å²) in [5.41, 5.74) is 0.824. The number of benzene rings is 2. The van der Waals surface area contributed by atoms with Crippen LogP contribution in [0.5, 0.6) is 0 Å². The van der Waals surface area contributed by atoms with Crippen LogP contribution in [0.15, 0.2) is 70.1 Å². The largest absolute Gasteiger partial charge is 0.480 e. The highest BCUT2D eigenvalue weighted by Gasteiger charge is 2.34. The fourth-order valence-corrected chi connectivity index (χ4v) is 3.25. The van der Waals surface area contributed by atoms with E-state index in [1.54, 1.807) is 6.08 Å². The molecule has 3 amide bonds. The lowest BCUT2D eigenvalue weighted by Crippen LogP contribution is -2.35. The summed E-state index contributed by atoms with van der Waals surface area (Å²) < 4.78 is 0. The Labute approximate surface area is 148 Å². The number of hydrogen-bond donors (Lipinski definition) is 2. The van der Waals surface area contributed by atoms with Crippen molar-refractivity contribution in [1.82, 2.24) is 10.2 Å². The van der Waals surface area contributed by atoms with Crippen LogP contribution in [0.4, 0.5) is 4.79 Å². The van der Waals surface area contributed by atoms with Gasteiger partial charge in [-0.3, -0.25) is 9.59 Å². The number of hydrogen-bond acceptors (Lipinski definition) is 4. The van der Waals surface area contributed by atoms with E-state index in [0.717, 1.165) is 15.4 Å². The summed E-state index contributed by atoms with van der Waals surface area (Å²) >= 11 is 1.53. The molecule has 7 heteroatoms. The molecule has 0 aromatic heterocycles. The average molecular weight is 354 g/mol. The van der Waals surface area contributed by atoms with Crippen LogP contribution in [0.3, 0.4) is 0 Å². The second kappa shape index (κ2) is 7.23. The first-order valence-corrected chi connectivity index (χ1v) is 8.24. The standard InChI is InChI=1S/C18H14N2O4S/c21-16(22)11-20-17(23)14(19-18(20)24)10-12-6-4-5-9-15(12)25-13-7-2-1-3-8-13/h1-10H,11H2,(H,19,24)(H,21,22)/b14-10-. The average Bonchev–Trinajstić information content (AvgIpc) is 2.85. The van der Waals surface area contributed by atoms with Gasteiger partial charge in [0.1, 0.15) is 12.2 Å². The van der Waals surface area contributed by atoms with Crippen LogP contribution in [0.25, 0.3) is 6.08 Å². The molecular weight excluding hydrogens is 340 g/mol. The highest BCUT2D eigenvalue weighted by Crippen LogP contribution is 2.31. The van der Waals surface area contributed by atoms with Crippen molar-refractivity contribution in [2.45, 2.75) is 9.79 Å². The summed E-state index contributed by atoms with van der Waals surface area (Å²) in [7, 11) is 0. The molecule has 25 heavy (non-hydrogen) atoms. The lowest BCUT2D eigenvalue weighted by atomic mass is 10.2. The number of nitrogens with one attached hydrogen (secondary N) is 1. The molecular formula is C18H14N2O4S. The van der Waals surface area contributed by atoms with Crippen molar-refractivity contribution in [3.63, 3.8) is 0 Å². The van der Waals surface area contributed by atoms with Crippen molar-refractivity contribution < 1.29 is 19.5 Å². The van der Waals surface area contributed by atoms with E-state index in [-0.39, 0.29) is 5.70 Å². The number of nitrogens with zero attached hydrogens (tertiary/aromatic N) is 1. The fourth-order valence-electron chi connectivity index (χ4n) is 2.31. The molecule has 2 N–H and O–H groups in total. The molecule has 2 aromatic carbocycles. The lowest BCUT2D eigenvalue weighted by molar-refractivity contribution is -0.140. The van der Waals surface area contributed by atoms with E-state index in [0.29, 0.717) is 4.90 Å². The van der Waals surface area contributed by atoms with E-state index in [4.69, 9.17) is 5.11 Å². The summed E-state index contributed by atoms with van der Waals surface area (Å²) in [4.78, 5) is 37.4. The summed E-state index contributed by atoms with van der Waals surface area (Å²) in [6, 6.07) is 16.5. The Morgan fingerprint density at radius 1 is 1.08 bits per heavy atom. The number of carbonyl (C=O) groups is 3. The SMILES string of the molecule is O=C(O)CN1C(=O)N/C(=C\c2ccccc2Sc2ccccc2)C1=O. The number of rotatable bonds is 5. The number of aliphatic carboxylic acids is 1. The van der Waals surface area contributed by atoms with E-state index >= 15 is 0 Å². The van der Waals surface area contributed by atoms with Gasteiger partial charge in [-0.25, -0.2) is 9.69 Å². The predicted octanol–water partition coefficient (Wildman–Crippen LogP) is 2.82. The van der Waals surface area contributed by atoms with E-state index in [9.17, 15) is 14.4 Å². The Bertz CT molecular complexity index is 864. The maximum absolute atomic E-state index is 12.2. The second-order valence-corrected chi connectivity index (χ2v) is 6.34. The Kier molecular flexibility index (Phi) is 4.85. The van der Waals surface area contributed by atoms with E-state index < -0.39 is 24.5 Å². The highest BCUT2D eigenvalue weighted by molar-refractivity contribution is 7.99. The topological polar surface area (TPSA) is 86.7 Å². The lowest BCUT2D eigenvalue weighted by Gasteiger charge is -2.07. The van der Waals surface area contributed by atoms with Gasteiger partial charge >= 0.3 is 12.0 Å². The van der Waals surface area contributed by atoms with Gasteiger partial charge < -0.3 is 10.4 Å². The minimum atomic E-state index is -1.25. The first-order valence-electron chi connectivity index (χ1n) is 7.43. The molecule has 0 radical (unpaired) electrons. The first-order chi connectivity index (χ1) is 12.0. The van der Waals surface area contributed by atoms with Gasteiger partial charge in [0.25, 0.3) is 5.91 Å². The zero-order valence-electron chi connectivity index (χ0n) is 13.0. The summed E-state index contributed by atoms with van der Waals surface area (Å²) in [5.74, 6) is -1.89. The molecule has 1 fully saturated rings. The molecule has 0 atom stereocenters. The van der Waals surface area contributed by atoms with Gasteiger partial charge in [0.05, 0.1) is 0 Å². The van der Waals surface area contributed by atoms with Crippen LogP contribution in [-0.4, -0.2) is 34.5 Å². The van der Waals surface area contributed by atoms with Gasteiger partial charge in [0, 0.05) is 9.79 Å². The van der Waals surface area contributed by atoms with Crippen molar-refractivity contribution in [1.29, 1.82) is 0 Å². The Morgan fingerprint density at radius 2 is 1.76 bits per heavy atom. The van der Waals surface area contributed by atoms with E-state index in [1.807, 2.05) is 54.6 Å². The fraction of sp³-hybridized carbons (Fsp3) is 0.0556. The van der Waals surface area contributed by atoms with Gasteiger partial charge in [0.2, 0.25) is 0 Å². The van der Waals surface area contributed by atoms with Gasteiger partial charge in [0.15, 0.2) is 0 Å². The van der Waals surface area contributed by atoms with E-state index in [2.05, 4.69) is 5.32 Å². The Hall–Kier alpha value is -3.06. The Balaban J connectivity index is 1.88. The first kappa shape index (κ1) is 16.8. The minimum absolute atomic E-state index is 0.0624. The van der Waals surface area contributed by atoms with Crippen LogP contribution in [0.1, 0.15) is 5.56 Å². The number of carboxylic acid groups (broad SMARTS) is 1. The van der Waals surface area contributed by atoms with Gasteiger partial charge in [-0.2, -0.15) is 0 Å². The zero-order chi connectivity index (χ0) is 17.8. The van der Waals surface area contributed by atoms with Crippen molar-refractivity contribution >= 4 is 35.7 Å². The molecule has 0 unspecified atom stereocenters. The maximum atomic E-state index is 12.2. The molecule has 1 saturated heterocycles. The van der Waals surface area contributed by atoms with Crippen molar-refractivity contribution in [2.24, 2.45) is 0 Å². The van der Waals surface area contributed by atoms with Crippen molar-refractivity contribution in [3.05, 3.63) is 65.9 Å². The number of urea groups is 1. The number of amides is 3. The number of carboxylic acids is 1. The number of imide groups is 1. The van der Waals surface area contributed by atoms with Gasteiger partial charge in [-0.15, -0.1) is 0 Å². The van der Waals surface area contributed by atoms with Crippen molar-refractivity contribution in [3.8, 4) is 0 Å². The quantitative estimate of drug-likeness (QED) is 0.637. The molecule has 1 aliphatic rings. The Morgan fingerprint density at radius 3 is 2.48 bits per heavy atom. The molecule has 0 saturated carbocycles. The summed E-state index contributed by atoms with van der Waals surface area (Å²) in [6.07, 6.45) is 1.56. The summed E-state index contributed by atoms with van der Waals surface area (Å²) in [5, 5.41) is 11.2. The molecule has 126 valence electrons. The molecule has 1 aliphatic heterocycles. The van der Waals surface area contributed by atoms with Crippen LogP contribution >= 0.6 is 11.8 Å². The smallest absolute Gasteiger partial charge is 0.329 e. The van der Waals surface area contributed by atoms with Crippen LogP contribution in [0.2, 0.25) is 0 Å². The molecule has 3 rings (SSSR count). The minimum Gasteiger partial charge on any atom is -0.480 e. The maximum Gasteiger partial charge on any atom is 0.329 e. The zero-order valence-corrected chi connectivity index (χ0v) is 13.8. The van der Waals surface area contributed by atoms with Gasteiger partial charge in [-0.1, -0.05) is 48.2 Å². The number of carbonyl (C=O) groups excluding carboxylic acids is 2. The predicted molar refractivity (Wildman–Crippen MR) is 92.9 cm³/mol. The molecule has 1 heterocycles. The molecule has 0 aliphatic carbocycles. The van der Waals surface area contributed by atoms with E-state index in [1.165, 1.54) is 11.8 Å². The third kappa shape index (κ3) is 3.89. The van der Waals surface area contributed by atoms with Gasteiger partial charge in [-0.05, 0) is 29.8 Å². The normalized spacial score (nSPS) is 15.5. The summed E-state index contributed by atoms with van der Waals surface area (Å²) in [6.45, 7) is -0.664. The molecule has 0 spiro atoms. The molecule has 0 bridgehead atoms. The van der Waals surface area contributed by atoms with Crippen molar-refractivity contribution in [2.75, 3.05) is 6.54 Å². The third-order valence-corrected chi connectivity index (χ3v) is 4.55. The van der Waals surface area contributed by atoms with Crippen LogP contribution in [0, 0.1) is 0 Å². The van der Waals surface area contributed by atoms with Crippen LogP contribution < -0.4 is 5.32 Å². The third-order valence-electron chi connectivity index (χ3n) is 3.45. The molecule has 2 aromatic rings. The second-order valence-electron chi connectivity index (χ2n) is 5.23. The molecule has 6 nitrogen and oxygen atoms in total. The van der Waals surface area contributed by atoms with Crippen LogP contribution in [-0.2, 0) is 9.59 Å².